The largest absolute Gasteiger partial charge is 0.386 e. The quantitative estimate of drug-likeness (QED) is 0.462. The van der Waals surface area contributed by atoms with Crippen LogP contribution in [0, 0.1) is 5.92 Å². The molecule has 0 saturated heterocycles. The number of carbonyl (C=O) groups is 1. The van der Waals surface area contributed by atoms with E-state index < -0.39 is 11.3 Å². The van der Waals surface area contributed by atoms with Gasteiger partial charge in [0, 0.05) is 24.2 Å². The minimum absolute atomic E-state index is 0.243. The van der Waals surface area contributed by atoms with Crippen molar-refractivity contribution in [2.24, 2.45) is 16.6 Å². The van der Waals surface area contributed by atoms with Crippen molar-refractivity contribution in [3.05, 3.63) is 60.2 Å². The predicted octanol–water partition coefficient (Wildman–Crippen LogP) is 2.31. The van der Waals surface area contributed by atoms with Gasteiger partial charge in [-0.3, -0.25) is 9.89 Å². The van der Waals surface area contributed by atoms with Crippen LogP contribution in [0.5, 0.6) is 0 Å². The van der Waals surface area contributed by atoms with Gasteiger partial charge in [0.1, 0.15) is 5.84 Å². The number of benzene rings is 1. The number of nitrogens with zero attached hydrogens (tertiary/aromatic N) is 4. The Morgan fingerprint density at radius 2 is 1.82 bits per heavy atom. The van der Waals surface area contributed by atoms with Crippen LogP contribution in [0.15, 0.2) is 54.0 Å². The molecular weight excluding hydrogens is 354 g/mol. The van der Waals surface area contributed by atoms with Crippen LogP contribution in [0.2, 0.25) is 0 Å². The average molecular weight is 375 g/mol. The van der Waals surface area contributed by atoms with Crippen molar-refractivity contribution in [3.63, 3.8) is 0 Å². The summed E-state index contributed by atoms with van der Waals surface area (Å²) in [4.78, 5) is 24.6. The summed E-state index contributed by atoms with van der Waals surface area (Å²) in [5.74, 6) is 0.533. The van der Waals surface area contributed by atoms with Crippen LogP contribution in [-0.2, 0) is 5.41 Å². The van der Waals surface area contributed by atoms with Crippen molar-refractivity contribution < 1.29 is 4.79 Å². The number of aromatic nitrogens is 4. The van der Waals surface area contributed by atoms with Crippen molar-refractivity contribution in [2.75, 3.05) is 5.73 Å². The summed E-state index contributed by atoms with van der Waals surface area (Å²) in [7, 11) is 0. The van der Waals surface area contributed by atoms with Gasteiger partial charge in [-0.2, -0.15) is 10.1 Å². The normalized spacial score (nSPS) is 16.5. The first-order valence-corrected chi connectivity index (χ1v) is 9.04. The highest BCUT2D eigenvalue weighted by Crippen LogP contribution is 2.47. The Labute approximate surface area is 162 Å². The van der Waals surface area contributed by atoms with E-state index in [4.69, 9.17) is 11.5 Å². The summed E-state index contributed by atoms with van der Waals surface area (Å²) in [6.45, 7) is 2.05. The van der Waals surface area contributed by atoms with E-state index in [2.05, 4.69) is 25.2 Å². The van der Waals surface area contributed by atoms with Crippen LogP contribution >= 0.6 is 0 Å². The van der Waals surface area contributed by atoms with Crippen LogP contribution in [-0.4, -0.2) is 31.9 Å². The number of nitrogens with one attached hydrogen (secondary N) is 1. The zero-order chi connectivity index (χ0) is 19.7. The topological polar surface area (TPSA) is 136 Å². The highest BCUT2D eigenvalue weighted by Gasteiger charge is 2.46. The molecule has 0 spiro atoms. The van der Waals surface area contributed by atoms with E-state index in [9.17, 15) is 4.79 Å². The number of hydrogen-bond acceptors (Lipinski definition) is 5. The molecule has 0 bridgehead atoms. The van der Waals surface area contributed by atoms with Crippen molar-refractivity contribution >= 4 is 17.7 Å². The zero-order valence-electron chi connectivity index (χ0n) is 15.5. The number of H-pyrrole nitrogens is 1. The number of aliphatic imine (C=N–C) groups is 1. The van der Waals surface area contributed by atoms with Gasteiger partial charge in [0.25, 0.3) is 5.91 Å². The van der Waals surface area contributed by atoms with Gasteiger partial charge in [0.2, 0.25) is 5.95 Å². The molecule has 1 fully saturated rings. The lowest BCUT2D eigenvalue weighted by atomic mass is 9.76. The fraction of sp³-hybridized carbons (Fsp3) is 0.250. The van der Waals surface area contributed by atoms with Gasteiger partial charge >= 0.3 is 0 Å². The monoisotopic (exact) mass is 375 g/mol. The molecule has 1 atom stereocenters. The molecule has 1 amide bonds. The first kappa shape index (κ1) is 17.8. The van der Waals surface area contributed by atoms with Gasteiger partial charge < -0.3 is 11.5 Å². The molecule has 0 radical (unpaired) electrons. The summed E-state index contributed by atoms with van der Waals surface area (Å²) in [6.07, 6.45) is 8.45. The second-order valence-corrected chi connectivity index (χ2v) is 7.17. The number of amidine groups is 1. The van der Waals surface area contributed by atoms with E-state index in [1.54, 1.807) is 12.4 Å². The summed E-state index contributed by atoms with van der Waals surface area (Å²) < 4.78 is 0. The van der Waals surface area contributed by atoms with Gasteiger partial charge in [0.15, 0.2) is 0 Å². The van der Waals surface area contributed by atoms with E-state index in [1.165, 1.54) is 12.4 Å². The fourth-order valence-corrected chi connectivity index (χ4v) is 3.41. The van der Waals surface area contributed by atoms with Gasteiger partial charge in [0.05, 0.1) is 17.2 Å². The first-order chi connectivity index (χ1) is 13.5. The maximum absolute atomic E-state index is 12.4. The molecule has 1 aliphatic rings. The number of anilines is 1. The Bertz CT molecular complexity index is 1010. The number of hydrogen-bond donors (Lipinski definition) is 3. The molecular formula is C20H21N7O. The Balaban J connectivity index is 1.65. The highest BCUT2D eigenvalue weighted by molar-refractivity contribution is 6.06. The van der Waals surface area contributed by atoms with E-state index >= 15 is 0 Å². The molecule has 8 heteroatoms. The van der Waals surface area contributed by atoms with E-state index in [0.717, 1.165) is 29.5 Å². The van der Waals surface area contributed by atoms with Crippen LogP contribution < -0.4 is 11.5 Å². The fourth-order valence-electron chi connectivity index (χ4n) is 3.41. The number of nitrogen functional groups attached to an aromatic ring is 1. The second kappa shape index (κ2) is 6.88. The molecule has 0 aliphatic heterocycles. The Morgan fingerprint density at radius 1 is 1.14 bits per heavy atom. The average Bonchev–Trinajstić information content (AvgIpc) is 3.42. The number of rotatable bonds is 5. The molecule has 28 heavy (non-hydrogen) atoms. The summed E-state index contributed by atoms with van der Waals surface area (Å²) in [5.41, 5.74) is 14.7. The minimum atomic E-state index is -0.504. The Kier molecular flexibility index (Phi) is 4.38. The number of aromatic amines is 1. The van der Waals surface area contributed by atoms with Crippen LogP contribution in [0.1, 0.15) is 35.7 Å². The third-order valence-corrected chi connectivity index (χ3v) is 5.38. The molecule has 5 N–H and O–H groups in total. The third-order valence-electron chi connectivity index (χ3n) is 5.38. The van der Waals surface area contributed by atoms with Gasteiger partial charge in [-0.1, -0.05) is 24.3 Å². The molecule has 3 aromatic rings. The van der Waals surface area contributed by atoms with Crippen molar-refractivity contribution in [2.45, 2.75) is 25.2 Å². The number of carbonyl (C=O) groups excluding carboxylic acids is 1. The SMILES string of the molecule is C[C@](C(N)=NC(=O)c1cn[nH]c1)(c1ccc(-c2cnc(N)nc2)cc1)C1CC1. The molecule has 142 valence electrons. The Morgan fingerprint density at radius 3 is 2.39 bits per heavy atom. The number of amides is 1. The standard InChI is InChI=1S/C20H21N7O/c1-20(16-6-7-16,18(21)27-17(28)14-10-25-26-11-14)15-4-2-12(3-5-15)13-8-23-19(22)24-9-13/h2-5,8-11,16H,6-7H2,1H3,(H,25,26)(H2,21,27,28)(H2,22,23,24)/t20-/m0/s1. The maximum atomic E-state index is 12.4. The molecule has 1 aliphatic carbocycles. The lowest BCUT2D eigenvalue weighted by molar-refractivity contribution is 0.100. The maximum Gasteiger partial charge on any atom is 0.281 e. The predicted molar refractivity (Wildman–Crippen MR) is 106 cm³/mol. The summed E-state index contributed by atoms with van der Waals surface area (Å²) >= 11 is 0. The lowest BCUT2D eigenvalue weighted by Gasteiger charge is -2.30. The summed E-state index contributed by atoms with van der Waals surface area (Å²) in [5, 5.41) is 6.40. The Hall–Kier alpha value is -3.55. The van der Waals surface area contributed by atoms with Gasteiger partial charge in [-0.15, -0.1) is 0 Å². The summed E-state index contributed by atoms with van der Waals surface area (Å²) in [6, 6.07) is 8.04. The zero-order valence-corrected chi connectivity index (χ0v) is 15.5. The van der Waals surface area contributed by atoms with E-state index in [-0.39, 0.29) is 5.95 Å². The molecule has 2 heterocycles. The first-order valence-electron chi connectivity index (χ1n) is 9.04. The number of nitrogens with two attached hydrogens (primary N) is 2. The van der Waals surface area contributed by atoms with E-state index in [1.807, 2.05) is 31.2 Å². The molecule has 1 saturated carbocycles. The van der Waals surface area contributed by atoms with Crippen molar-refractivity contribution in [3.8, 4) is 11.1 Å². The van der Waals surface area contributed by atoms with Crippen LogP contribution in [0.3, 0.4) is 0 Å². The van der Waals surface area contributed by atoms with Gasteiger partial charge in [-0.05, 0) is 36.8 Å². The molecule has 4 rings (SSSR count). The van der Waals surface area contributed by atoms with Crippen molar-refractivity contribution in [1.29, 1.82) is 0 Å². The molecule has 2 aromatic heterocycles. The molecule has 8 nitrogen and oxygen atoms in total. The van der Waals surface area contributed by atoms with Gasteiger partial charge in [-0.25, -0.2) is 9.97 Å². The minimum Gasteiger partial charge on any atom is -0.386 e. The van der Waals surface area contributed by atoms with Crippen LogP contribution in [0.4, 0.5) is 5.95 Å². The molecule has 1 aromatic carbocycles. The smallest absolute Gasteiger partial charge is 0.281 e. The highest BCUT2D eigenvalue weighted by atomic mass is 16.1. The lowest BCUT2D eigenvalue weighted by Crippen LogP contribution is -2.41. The second-order valence-electron chi connectivity index (χ2n) is 7.17. The van der Waals surface area contributed by atoms with Crippen LogP contribution in [0.25, 0.3) is 11.1 Å². The third kappa shape index (κ3) is 3.24. The molecule has 0 unspecified atom stereocenters. The van der Waals surface area contributed by atoms with E-state index in [0.29, 0.717) is 17.3 Å². The van der Waals surface area contributed by atoms with Crippen molar-refractivity contribution in [1.82, 2.24) is 20.2 Å².